The summed E-state index contributed by atoms with van der Waals surface area (Å²) in [4.78, 5) is 11.7. The lowest BCUT2D eigenvalue weighted by molar-refractivity contribution is 0.0936. The lowest BCUT2D eigenvalue weighted by Gasteiger charge is -2.10. The maximum atomic E-state index is 11.7. The zero-order chi connectivity index (χ0) is 10.3. The summed E-state index contributed by atoms with van der Waals surface area (Å²) >= 11 is 0. The molecule has 0 unspecified atom stereocenters. The number of carbonyl (C=O) groups excluding carboxylic acids is 1. The number of aromatic nitrogens is 2. The Labute approximate surface area is 82.3 Å². The molecule has 1 aliphatic carbocycles. The van der Waals surface area contributed by atoms with E-state index in [1.807, 2.05) is 6.92 Å². The van der Waals surface area contributed by atoms with E-state index in [0.29, 0.717) is 11.4 Å². The van der Waals surface area contributed by atoms with Gasteiger partial charge in [0.05, 0.1) is 6.20 Å². The Hall–Kier alpha value is -1.52. The molecular weight excluding hydrogens is 180 g/mol. The first kappa shape index (κ1) is 9.05. The van der Waals surface area contributed by atoms with Gasteiger partial charge < -0.3 is 11.1 Å². The minimum Gasteiger partial charge on any atom is -0.383 e. The fourth-order valence-electron chi connectivity index (χ4n) is 1.28. The van der Waals surface area contributed by atoms with Gasteiger partial charge in [0.25, 0.3) is 5.91 Å². The molecule has 76 valence electrons. The largest absolute Gasteiger partial charge is 0.383 e. The van der Waals surface area contributed by atoms with Crippen LogP contribution in [-0.2, 0) is 7.05 Å². The highest BCUT2D eigenvalue weighted by molar-refractivity contribution is 5.98. The molecule has 0 atom stereocenters. The first-order valence-corrected chi connectivity index (χ1v) is 4.62. The number of hydrogen-bond donors (Lipinski definition) is 2. The molecule has 5 nitrogen and oxygen atoms in total. The van der Waals surface area contributed by atoms with Crippen molar-refractivity contribution in [2.45, 2.75) is 25.3 Å². The van der Waals surface area contributed by atoms with E-state index in [0.717, 1.165) is 12.8 Å². The van der Waals surface area contributed by atoms with E-state index < -0.39 is 0 Å². The Morgan fingerprint density at radius 1 is 1.71 bits per heavy atom. The van der Waals surface area contributed by atoms with Crippen LogP contribution in [0.25, 0.3) is 0 Å². The van der Waals surface area contributed by atoms with Gasteiger partial charge in [-0.15, -0.1) is 0 Å². The Balaban J connectivity index is 2.15. The Morgan fingerprint density at radius 3 is 2.79 bits per heavy atom. The van der Waals surface area contributed by atoms with Crippen molar-refractivity contribution in [2.24, 2.45) is 7.05 Å². The molecule has 0 spiro atoms. The van der Waals surface area contributed by atoms with Gasteiger partial charge in [-0.05, 0) is 19.8 Å². The van der Waals surface area contributed by atoms with Crippen molar-refractivity contribution in [1.82, 2.24) is 15.1 Å². The lowest BCUT2D eigenvalue weighted by Crippen LogP contribution is -2.34. The molecule has 0 bridgehead atoms. The minimum absolute atomic E-state index is 0.0145. The van der Waals surface area contributed by atoms with Crippen LogP contribution < -0.4 is 11.1 Å². The monoisotopic (exact) mass is 194 g/mol. The second-order valence-electron chi connectivity index (χ2n) is 4.08. The standard InChI is InChI=1S/C9H14N4O/c1-9(3-4-9)12-8(14)6-5-11-13(2)7(6)10/h5H,3-4,10H2,1-2H3,(H,12,14). The van der Waals surface area contributed by atoms with Crippen molar-refractivity contribution in [3.05, 3.63) is 11.8 Å². The summed E-state index contributed by atoms with van der Waals surface area (Å²) in [5.74, 6) is 0.280. The fourth-order valence-corrected chi connectivity index (χ4v) is 1.28. The van der Waals surface area contributed by atoms with Crippen LogP contribution in [0.1, 0.15) is 30.1 Å². The van der Waals surface area contributed by atoms with E-state index in [4.69, 9.17) is 5.73 Å². The van der Waals surface area contributed by atoms with E-state index in [9.17, 15) is 4.79 Å². The van der Waals surface area contributed by atoms with Gasteiger partial charge in [0.2, 0.25) is 0 Å². The van der Waals surface area contributed by atoms with E-state index in [2.05, 4.69) is 10.4 Å². The first-order chi connectivity index (χ1) is 6.52. The molecule has 5 heteroatoms. The van der Waals surface area contributed by atoms with Gasteiger partial charge in [0.15, 0.2) is 0 Å². The van der Waals surface area contributed by atoms with E-state index >= 15 is 0 Å². The summed E-state index contributed by atoms with van der Waals surface area (Å²) in [7, 11) is 1.71. The number of nitrogens with one attached hydrogen (secondary N) is 1. The van der Waals surface area contributed by atoms with Crippen LogP contribution in [0.4, 0.5) is 5.82 Å². The molecule has 2 rings (SSSR count). The maximum Gasteiger partial charge on any atom is 0.257 e. The minimum atomic E-state index is -0.129. The zero-order valence-electron chi connectivity index (χ0n) is 8.37. The van der Waals surface area contributed by atoms with E-state index in [1.54, 1.807) is 7.05 Å². The summed E-state index contributed by atoms with van der Waals surface area (Å²) in [6, 6.07) is 0. The lowest BCUT2D eigenvalue weighted by atomic mass is 10.2. The molecule has 1 aromatic rings. The molecule has 1 fully saturated rings. The summed E-state index contributed by atoms with van der Waals surface area (Å²) in [5.41, 5.74) is 6.13. The van der Waals surface area contributed by atoms with Gasteiger partial charge in [-0.3, -0.25) is 9.48 Å². The zero-order valence-corrected chi connectivity index (χ0v) is 8.37. The van der Waals surface area contributed by atoms with Crippen LogP contribution in [0, 0.1) is 0 Å². The molecule has 1 aliphatic rings. The van der Waals surface area contributed by atoms with Crippen molar-refractivity contribution >= 4 is 11.7 Å². The van der Waals surface area contributed by atoms with Crippen molar-refractivity contribution in [1.29, 1.82) is 0 Å². The van der Waals surface area contributed by atoms with Gasteiger partial charge in [0, 0.05) is 12.6 Å². The van der Waals surface area contributed by atoms with Crippen molar-refractivity contribution in [2.75, 3.05) is 5.73 Å². The number of carbonyl (C=O) groups is 1. The van der Waals surface area contributed by atoms with Gasteiger partial charge in [-0.25, -0.2) is 0 Å². The highest BCUT2D eigenvalue weighted by Gasteiger charge is 2.39. The topological polar surface area (TPSA) is 72.9 Å². The summed E-state index contributed by atoms with van der Waals surface area (Å²) in [6.45, 7) is 2.03. The van der Waals surface area contributed by atoms with Crippen LogP contribution in [0.5, 0.6) is 0 Å². The van der Waals surface area contributed by atoms with Crippen LogP contribution in [0.3, 0.4) is 0 Å². The summed E-state index contributed by atoms with van der Waals surface area (Å²) < 4.78 is 1.49. The van der Waals surface area contributed by atoms with E-state index in [1.165, 1.54) is 10.9 Å². The number of aryl methyl sites for hydroxylation is 1. The number of amides is 1. The second-order valence-corrected chi connectivity index (χ2v) is 4.08. The van der Waals surface area contributed by atoms with Gasteiger partial charge in [-0.2, -0.15) is 5.10 Å². The van der Waals surface area contributed by atoms with E-state index in [-0.39, 0.29) is 11.4 Å². The van der Waals surface area contributed by atoms with Crippen molar-refractivity contribution in [3.8, 4) is 0 Å². The number of nitrogens with two attached hydrogens (primary N) is 1. The highest BCUT2D eigenvalue weighted by atomic mass is 16.2. The molecule has 0 aromatic carbocycles. The number of nitrogen functional groups attached to an aromatic ring is 1. The molecule has 0 radical (unpaired) electrons. The Bertz CT molecular complexity index is 378. The third-order valence-electron chi connectivity index (χ3n) is 2.64. The molecule has 1 amide bonds. The SMILES string of the molecule is Cn1ncc(C(=O)NC2(C)CC2)c1N. The molecule has 0 aliphatic heterocycles. The second kappa shape index (κ2) is 2.73. The molecular formula is C9H14N4O. The molecule has 1 aromatic heterocycles. The van der Waals surface area contributed by atoms with Crippen LogP contribution >= 0.6 is 0 Å². The Morgan fingerprint density at radius 2 is 2.36 bits per heavy atom. The highest BCUT2D eigenvalue weighted by Crippen LogP contribution is 2.34. The smallest absolute Gasteiger partial charge is 0.257 e. The van der Waals surface area contributed by atoms with Gasteiger partial charge >= 0.3 is 0 Å². The number of nitrogens with zero attached hydrogens (tertiary/aromatic N) is 2. The van der Waals surface area contributed by atoms with Crippen LogP contribution in [-0.4, -0.2) is 21.2 Å². The van der Waals surface area contributed by atoms with Crippen molar-refractivity contribution < 1.29 is 4.79 Å². The van der Waals surface area contributed by atoms with Gasteiger partial charge in [-0.1, -0.05) is 0 Å². The predicted molar refractivity (Wildman–Crippen MR) is 52.7 cm³/mol. The Kier molecular flexibility index (Phi) is 1.77. The number of rotatable bonds is 2. The van der Waals surface area contributed by atoms with Crippen LogP contribution in [0.15, 0.2) is 6.20 Å². The fraction of sp³-hybridized carbons (Fsp3) is 0.556. The summed E-state index contributed by atoms with van der Waals surface area (Å²) in [6.07, 6.45) is 3.58. The molecule has 1 saturated carbocycles. The average molecular weight is 194 g/mol. The van der Waals surface area contributed by atoms with Crippen molar-refractivity contribution in [3.63, 3.8) is 0 Å². The number of hydrogen-bond acceptors (Lipinski definition) is 3. The molecule has 3 N–H and O–H groups in total. The predicted octanol–water partition coefficient (Wildman–Crippen LogP) is 0.285. The maximum absolute atomic E-state index is 11.7. The summed E-state index contributed by atoms with van der Waals surface area (Å²) in [5, 5.41) is 6.85. The average Bonchev–Trinajstić information content (AvgIpc) is 2.73. The normalized spacial score (nSPS) is 17.9. The third kappa shape index (κ3) is 1.45. The van der Waals surface area contributed by atoms with Gasteiger partial charge in [0.1, 0.15) is 11.4 Å². The van der Waals surface area contributed by atoms with Crippen LogP contribution in [0.2, 0.25) is 0 Å². The third-order valence-corrected chi connectivity index (χ3v) is 2.64. The number of anilines is 1. The quantitative estimate of drug-likeness (QED) is 0.710. The molecule has 14 heavy (non-hydrogen) atoms. The first-order valence-electron chi connectivity index (χ1n) is 4.62. The molecule has 0 saturated heterocycles. The molecule has 1 heterocycles.